The van der Waals surface area contributed by atoms with Crippen molar-refractivity contribution in [3.8, 4) is 0 Å². The molecule has 18 heavy (non-hydrogen) atoms. The summed E-state index contributed by atoms with van der Waals surface area (Å²) < 4.78 is 32.3. The van der Waals surface area contributed by atoms with Gasteiger partial charge in [-0.15, -0.1) is 0 Å². The second-order valence-corrected chi connectivity index (χ2v) is 5.27. The van der Waals surface area contributed by atoms with Crippen LogP contribution >= 0.6 is 0 Å². The largest absolute Gasteiger partial charge is 0.397 e. The van der Waals surface area contributed by atoms with E-state index in [0.717, 1.165) is 45.2 Å². The van der Waals surface area contributed by atoms with Crippen molar-refractivity contribution >= 4 is 11.4 Å². The van der Waals surface area contributed by atoms with Crippen LogP contribution in [0.25, 0.3) is 0 Å². The molecule has 0 saturated carbocycles. The van der Waals surface area contributed by atoms with Crippen molar-refractivity contribution < 1.29 is 13.5 Å². The van der Waals surface area contributed by atoms with Crippen LogP contribution in [0.1, 0.15) is 12.8 Å². The summed E-state index contributed by atoms with van der Waals surface area (Å²) in [7, 11) is 0. The topological polar surface area (TPSA) is 38.5 Å². The number of hydrogen-bond donors (Lipinski definition) is 1. The van der Waals surface area contributed by atoms with E-state index < -0.39 is 11.6 Å². The van der Waals surface area contributed by atoms with Gasteiger partial charge in [-0.3, -0.25) is 0 Å². The monoisotopic (exact) mass is 254 g/mol. The molecule has 0 radical (unpaired) electrons. The molecule has 2 N–H and O–H groups in total. The molecule has 0 atom stereocenters. The van der Waals surface area contributed by atoms with Crippen LogP contribution in [0.2, 0.25) is 0 Å². The number of nitrogen functional groups attached to an aromatic ring is 1. The van der Waals surface area contributed by atoms with Crippen molar-refractivity contribution in [2.45, 2.75) is 12.8 Å². The third-order valence-electron chi connectivity index (χ3n) is 4.02. The van der Waals surface area contributed by atoms with Crippen LogP contribution in [0.4, 0.5) is 20.2 Å². The normalized spacial score (nSPS) is 22.0. The van der Waals surface area contributed by atoms with E-state index in [1.807, 2.05) is 4.90 Å². The Hall–Kier alpha value is -1.36. The smallest absolute Gasteiger partial charge is 0.184 e. The molecule has 98 valence electrons. The van der Waals surface area contributed by atoms with E-state index in [0.29, 0.717) is 5.69 Å². The van der Waals surface area contributed by atoms with Gasteiger partial charge in [0.2, 0.25) is 0 Å². The third kappa shape index (κ3) is 1.73. The van der Waals surface area contributed by atoms with E-state index in [1.165, 1.54) is 6.07 Å². The Kier molecular flexibility index (Phi) is 2.66. The predicted molar refractivity (Wildman–Crippen MR) is 65.5 cm³/mol. The zero-order valence-corrected chi connectivity index (χ0v) is 10.1. The first-order chi connectivity index (χ1) is 8.61. The number of hydrogen-bond acceptors (Lipinski definition) is 3. The van der Waals surface area contributed by atoms with Gasteiger partial charge in [-0.2, -0.15) is 0 Å². The summed E-state index contributed by atoms with van der Waals surface area (Å²) in [6.45, 7) is 2.99. The number of nitrogens with two attached hydrogens (primary N) is 1. The van der Waals surface area contributed by atoms with E-state index in [4.69, 9.17) is 10.5 Å². The predicted octanol–water partition coefficient (Wildman–Crippen LogP) is 2.16. The van der Waals surface area contributed by atoms with E-state index >= 15 is 0 Å². The fourth-order valence-corrected chi connectivity index (χ4v) is 2.92. The maximum absolute atomic E-state index is 13.8. The minimum Gasteiger partial charge on any atom is -0.397 e. The highest BCUT2D eigenvalue weighted by Gasteiger charge is 2.45. The SMILES string of the molecule is Nc1ccc(F)c(F)c1N1CC2(CCOCC2)C1. The molecule has 0 aliphatic carbocycles. The minimum absolute atomic E-state index is 0.212. The van der Waals surface area contributed by atoms with Gasteiger partial charge in [0.15, 0.2) is 11.6 Å². The maximum Gasteiger partial charge on any atom is 0.184 e. The first-order valence-electron chi connectivity index (χ1n) is 6.17. The molecule has 2 aliphatic rings. The first kappa shape index (κ1) is 11.7. The molecule has 0 aromatic heterocycles. The number of ether oxygens (including phenoxy) is 1. The zero-order valence-electron chi connectivity index (χ0n) is 10.1. The van der Waals surface area contributed by atoms with Crippen LogP contribution < -0.4 is 10.6 Å². The fourth-order valence-electron chi connectivity index (χ4n) is 2.92. The summed E-state index contributed by atoms with van der Waals surface area (Å²) in [6, 6.07) is 2.49. The molecule has 2 saturated heterocycles. The number of nitrogens with zero attached hydrogens (tertiary/aromatic N) is 1. The summed E-state index contributed by atoms with van der Waals surface area (Å²) >= 11 is 0. The van der Waals surface area contributed by atoms with Crippen molar-refractivity contribution in [2.75, 3.05) is 36.9 Å². The first-order valence-corrected chi connectivity index (χ1v) is 6.17. The molecule has 5 heteroatoms. The Labute approximate surface area is 105 Å². The van der Waals surface area contributed by atoms with Gasteiger partial charge in [0.25, 0.3) is 0 Å². The Morgan fingerprint density at radius 2 is 1.83 bits per heavy atom. The van der Waals surface area contributed by atoms with Crippen molar-refractivity contribution in [1.29, 1.82) is 0 Å². The van der Waals surface area contributed by atoms with Crippen molar-refractivity contribution in [3.63, 3.8) is 0 Å². The van der Waals surface area contributed by atoms with Crippen molar-refractivity contribution in [1.82, 2.24) is 0 Å². The Bertz CT molecular complexity index is 464. The second-order valence-electron chi connectivity index (χ2n) is 5.27. The minimum atomic E-state index is -0.841. The van der Waals surface area contributed by atoms with Crippen LogP contribution in [0, 0.1) is 17.0 Å². The molecule has 0 bridgehead atoms. The standard InChI is InChI=1S/C13H16F2N2O/c14-9-1-2-10(16)12(11(9)15)17-7-13(8-17)3-5-18-6-4-13/h1-2H,3-8,16H2. The van der Waals surface area contributed by atoms with Gasteiger partial charge >= 0.3 is 0 Å². The van der Waals surface area contributed by atoms with Crippen LogP contribution in [0.5, 0.6) is 0 Å². The van der Waals surface area contributed by atoms with Crippen LogP contribution in [-0.4, -0.2) is 26.3 Å². The molecule has 1 aromatic rings. The highest BCUT2D eigenvalue weighted by Crippen LogP contribution is 2.44. The lowest BCUT2D eigenvalue weighted by molar-refractivity contribution is -0.000373. The van der Waals surface area contributed by atoms with Crippen LogP contribution in [0.3, 0.4) is 0 Å². The van der Waals surface area contributed by atoms with E-state index in [-0.39, 0.29) is 11.1 Å². The van der Waals surface area contributed by atoms with E-state index in [1.54, 1.807) is 0 Å². The second kappa shape index (κ2) is 4.09. The number of benzene rings is 1. The highest BCUT2D eigenvalue weighted by atomic mass is 19.2. The summed E-state index contributed by atoms with van der Waals surface area (Å²) in [6.07, 6.45) is 1.97. The quantitative estimate of drug-likeness (QED) is 0.780. The van der Waals surface area contributed by atoms with E-state index in [9.17, 15) is 8.78 Å². The zero-order chi connectivity index (χ0) is 12.8. The molecular formula is C13H16F2N2O. The van der Waals surface area contributed by atoms with Gasteiger partial charge in [-0.25, -0.2) is 8.78 Å². The molecule has 3 nitrogen and oxygen atoms in total. The molecule has 0 unspecified atom stereocenters. The summed E-state index contributed by atoms with van der Waals surface area (Å²) in [5, 5.41) is 0. The number of halogens is 2. The Morgan fingerprint density at radius 1 is 1.17 bits per heavy atom. The fraction of sp³-hybridized carbons (Fsp3) is 0.538. The van der Waals surface area contributed by atoms with Gasteiger partial charge in [0.05, 0.1) is 11.4 Å². The van der Waals surface area contributed by atoms with Crippen LogP contribution in [-0.2, 0) is 4.74 Å². The van der Waals surface area contributed by atoms with Gasteiger partial charge < -0.3 is 15.4 Å². The lowest BCUT2D eigenvalue weighted by Crippen LogP contribution is -2.59. The summed E-state index contributed by atoms with van der Waals surface area (Å²) in [5.74, 6) is -1.68. The number of rotatable bonds is 1. The maximum atomic E-state index is 13.8. The molecule has 2 aliphatic heterocycles. The Morgan fingerprint density at radius 3 is 2.50 bits per heavy atom. The molecular weight excluding hydrogens is 238 g/mol. The lowest BCUT2D eigenvalue weighted by Gasteiger charge is -2.53. The van der Waals surface area contributed by atoms with Crippen LogP contribution in [0.15, 0.2) is 12.1 Å². The summed E-state index contributed by atoms with van der Waals surface area (Å²) in [4.78, 5) is 1.83. The third-order valence-corrected chi connectivity index (χ3v) is 4.02. The Balaban J connectivity index is 1.80. The molecule has 2 fully saturated rings. The van der Waals surface area contributed by atoms with Crippen molar-refractivity contribution in [3.05, 3.63) is 23.8 Å². The van der Waals surface area contributed by atoms with Gasteiger partial charge in [0, 0.05) is 31.7 Å². The van der Waals surface area contributed by atoms with Gasteiger partial charge in [-0.05, 0) is 25.0 Å². The van der Waals surface area contributed by atoms with Crippen molar-refractivity contribution in [2.24, 2.45) is 5.41 Å². The molecule has 2 heterocycles. The summed E-state index contributed by atoms with van der Waals surface area (Å²) in [5.41, 5.74) is 6.47. The van der Waals surface area contributed by atoms with Gasteiger partial charge in [-0.1, -0.05) is 0 Å². The number of anilines is 2. The molecule has 1 spiro atoms. The molecule has 0 amide bonds. The average Bonchev–Trinajstić information content (AvgIpc) is 2.34. The lowest BCUT2D eigenvalue weighted by atomic mass is 9.73. The molecule has 3 rings (SSSR count). The average molecular weight is 254 g/mol. The van der Waals surface area contributed by atoms with Gasteiger partial charge in [0.1, 0.15) is 0 Å². The highest BCUT2D eigenvalue weighted by molar-refractivity contribution is 5.69. The molecule has 1 aromatic carbocycles. The van der Waals surface area contributed by atoms with E-state index in [2.05, 4.69) is 0 Å².